The molecule has 0 spiro atoms. The van der Waals surface area contributed by atoms with Crippen molar-refractivity contribution in [2.24, 2.45) is 5.73 Å². The lowest BCUT2D eigenvalue weighted by molar-refractivity contribution is -0.136. The summed E-state index contributed by atoms with van der Waals surface area (Å²) in [5.74, 6) is -0.0481. The third-order valence-corrected chi connectivity index (χ3v) is 6.46. The van der Waals surface area contributed by atoms with E-state index in [1.54, 1.807) is 11.0 Å². The van der Waals surface area contributed by atoms with Gasteiger partial charge in [0.15, 0.2) is 0 Å². The van der Waals surface area contributed by atoms with Crippen LogP contribution in [0.3, 0.4) is 0 Å². The summed E-state index contributed by atoms with van der Waals surface area (Å²) >= 11 is 0. The molecule has 3 aliphatic heterocycles. The molecule has 8 nitrogen and oxygen atoms in total. The zero-order chi connectivity index (χ0) is 24.1. The lowest BCUT2D eigenvalue weighted by Crippen LogP contribution is -2.52. The van der Waals surface area contributed by atoms with Gasteiger partial charge in [-0.15, -0.1) is 0 Å². The summed E-state index contributed by atoms with van der Waals surface area (Å²) in [6.45, 7) is 3.01. The number of ether oxygens (including phenoxy) is 1. The Morgan fingerprint density at radius 3 is 2.56 bits per heavy atom. The summed E-state index contributed by atoms with van der Waals surface area (Å²) in [4.78, 5) is 39.9. The Balaban J connectivity index is 0.000000291. The molecule has 0 aliphatic carbocycles. The second-order valence-electron chi connectivity index (χ2n) is 9.05. The van der Waals surface area contributed by atoms with Crippen LogP contribution in [-0.2, 0) is 22.7 Å². The SMILES string of the molecule is CN1CCCC(Oc2ccc3c(c2)CN(C2CCC(=O)NC2=O)C3=O)C1.NCc1ccccc1. The smallest absolute Gasteiger partial charge is 0.255 e. The molecule has 3 heterocycles. The maximum Gasteiger partial charge on any atom is 0.255 e. The van der Waals surface area contributed by atoms with Gasteiger partial charge in [-0.2, -0.15) is 0 Å². The van der Waals surface area contributed by atoms with Crippen LogP contribution in [0, 0.1) is 0 Å². The number of nitrogens with one attached hydrogen (secondary N) is 1. The van der Waals surface area contributed by atoms with Crippen molar-refractivity contribution in [1.29, 1.82) is 0 Å². The van der Waals surface area contributed by atoms with E-state index >= 15 is 0 Å². The molecule has 3 aliphatic rings. The van der Waals surface area contributed by atoms with E-state index < -0.39 is 6.04 Å². The van der Waals surface area contributed by atoms with Crippen molar-refractivity contribution in [3.05, 3.63) is 65.2 Å². The second kappa shape index (κ2) is 10.8. The summed E-state index contributed by atoms with van der Waals surface area (Å²) in [5, 5.41) is 2.32. The Kier molecular flexibility index (Phi) is 7.59. The van der Waals surface area contributed by atoms with Crippen LogP contribution in [0.2, 0.25) is 0 Å². The van der Waals surface area contributed by atoms with Crippen molar-refractivity contribution in [2.75, 3.05) is 20.1 Å². The van der Waals surface area contributed by atoms with E-state index in [1.807, 2.05) is 42.5 Å². The summed E-state index contributed by atoms with van der Waals surface area (Å²) in [7, 11) is 2.09. The fourth-order valence-corrected chi connectivity index (χ4v) is 4.65. The van der Waals surface area contributed by atoms with Crippen LogP contribution in [0.15, 0.2) is 48.5 Å². The number of carbonyl (C=O) groups is 3. The minimum Gasteiger partial charge on any atom is -0.489 e. The van der Waals surface area contributed by atoms with Gasteiger partial charge in [-0.3, -0.25) is 19.7 Å². The Bertz CT molecular complexity index is 1040. The third kappa shape index (κ3) is 5.63. The molecule has 2 aromatic rings. The molecule has 34 heavy (non-hydrogen) atoms. The number of likely N-dealkylation sites (N-methyl/N-ethyl adjacent to an activating group) is 1. The average Bonchev–Trinajstić information content (AvgIpc) is 3.15. The molecule has 5 rings (SSSR count). The highest BCUT2D eigenvalue weighted by Gasteiger charge is 2.39. The molecule has 3 N–H and O–H groups in total. The summed E-state index contributed by atoms with van der Waals surface area (Å²) < 4.78 is 6.11. The maximum absolute atomic E-state index is 12.7. The van der Waals surface area contributed by atoms with E-state index in [-0.39, 0.29) is 30.2 Å². The van der Waals surface area contributed by atoms with E-state index in [4.69, 9.17) is 10.5 Å². The Morgan fingerprint density at radius 2 is 1.88 bits per heavy atom. The van der Waals surface area contributed by atoms with E-state index in [0.29, 0.717) is 25.1 Å². The first-order chi connectivity index (χ1) is 16.4. The minimum absolute atomic E-state index is 0.154. The molecule has 0 saturated carbocycles. The zero-order valence-electron chi connectivity index (χ0n) is 19.5. The first-order valence-electron chi connectivity index (χ1n) is 11.8. The van der Waals surface area contributed by atoms with Crippen molar-refractivity contribution in [2.45, 2.75) is 50.9 Å². The molecule has 2 aromatic carbocycles. The molecular formula is C26H32N4O4. The van der Waals surface area contributed by atoms with Crippen LogP contribution in [0.25, 0.3) is 0 Å². The standard InChI is InChI=1S/C19H23N3O4.C7H9N/c1-21-8-2-3-14(11-21)26-13-4-5-15-12(9-13)10-22(19(15)25)16-6-7-17(23)20-18(16)24;8-6-7-4-2-1-3-5-7/h4-5,9,14,16H,2-3,6-8,10-11H2,1H3,(H,20,23,24);1-5H,6,8H2. The van der Waals surface area contributed by atoms with Crippen molar-refractivity contribution in [3.63, 3.8) is 0 Å². The van der Waals surface area contributed by atoms with Gasteiger partial charge in [-0.25, -0.2) is 0 Å². The number of nitrogens with zero attached hydrogens (tertiary/aromatic N) is 2. The molecule has 0 radical (unpaired) electrons. The average molecular weight is 465 g/mol. The lowest BCUT2D eigenvalue weighted by Gasteiger charge is -2.30. The number of hydrogen-bond acceptors (Lipinski definition) is 6. The van der Waals surface area contributed by atoms with Gasteiger partial charge in [0.2, 0.25) is 11.8 Å². The predicted molar refractivity (Wildman–Crippen MR) is 128 cm³/mol. The first-order valence-corrected chi connectivity index (χ1v) is 11.8. The molecule has 2 atom stereocenters. The molecular weight excluding hydrogens is 432 g/mol. The molecule has 0 aromatic heterocycles. The topological polar surface area (TPSA) is 105 Å². The van der Waals surface area contributed by atoms with Gasteiger partial charge < -0.3 is 20.3 Å². The summed E-state index contributed by atoms with van der Waals surface area (Å²) in [6, 6.07) is 14.9. The number of carbonyl (C=O) groups excluding carboxylic acids is 3. The van der Waals surface area contributed by atoms with Gasteiger partial charge in [0.25, 0.3) is 5.91 Å². The lowest BCUT2D eigenvalue weighted by atomic mass is 10.0. The Labute approximate surface area is 200 Å². The number of benzene rings is 2. The number of amides is 3. The molecule has 3 amide bonds. The molecule has 2 saturated heterocycles. The highest BCUT2D eigenvalue weighted by Crippen LogP contribution is 2.31. The second-order valence-corrected chi connectivity index (χ2v) is 9.05. The third-order valence-electron chi connectivity index (χ3n) is 6.46. The van der Waals surface area contributed by atoms with Gasteiger partial charge >= 0.3 is 0 Å². The fourth-order valence-electron chi connectivity index (χ4n) is 4.65. The van der Waals surface area contributed by atoms with Crippen molar-refractivity contribution >= 4 is 17.7 Å². The van der Waals surface area contributed by atoms with Gasteiger partial charge in [0, 0.05) is 31.6 Å². The van der Waals surface area contributed by atoms with Crippen LogP contribution in [0.4, 0.5) is 0 Å². The monoisotopic (exact) mass is 464 g/mol. The van der Waals surface area contributed by atoms with Crippen LogP contribution in [-0.4, -0.2) is 59.8 Å². The van der Waals surface area contributed by atoms with Gasteiger partial charge in [0.1, 0.15) is 17.9 Å². The largest absolute Gasteiger partial charge is 0.489 e. The maximum atomic E-state index is 12.7. The quantitative estimate of drug-likeness (QED) is 0.672. The highest BCUT2D eigenvalue weighted by atomic mass is 16.5. The number of piperidine rings is 2. The number of rotatable bonds is 4. The van der Waals surface area contributed by atoms with Crippen molar-refractivity contribution in [1.82, 2.24) is 15.1 Å². The highest BCUT2D eigenvalue weighted by molar-refractivity contribution is 6.05. The normalized spacial score (nSPS) is 22.5. The molecule has 2 fully saturated rings. The molecule has 8 heteroatoms. The van der Waals surface area contributed by atoms with Crippen LogP contribution >= 0.6 is 0 Å². The van der Waals surface area contributed by atoms with Crippen LogP contribution in [0.5, 0.6) is 5.75 Å². The van der Waals surface area contributed by atoms with Crippen molar-refractivity contribution < 1.29 is 19.1 Å². The van der Waals surface area contributed by atoms with Crippen molar-refractivity contribution in [3.8, 4) is 5.75 Å². The summed E-state index contributed by atoms with van der Waals surface area (Å²) in [6.07, 6.45) is 2.95. The zero-order valence-corrected chi connectivity index (χ0v) is 19.5. The number of likely N-dealkylation sites (tertiary alicyclic amines) is 1. The predicted octanol–water partition coefficient (Wildman–Crippen LogP) is 2.07. The number of hydrogen-bond donors (Lipinski definition) is 2. The fraction of sp³-hybridized carbons (Fsp3) is 0.423. The minimum atomic E-state index is -0.580. The molecule has 180 valence electrons. The van der Waals surface area contributed by atoms with E-state index in [1.165, 1.54) is 5.56 Å². The summed E-state index contributed by atoms with van der Waals surface area (Å²) in [5.41, 5.74) is 8.03. The number of imide groups is 1. The van der Waals surface area contributed by atoms with E-state index in [9.17, 15) is 14.4 Å². The Morgan fingerprint density at radius 1 is 1.09 bits per heavy atom. The number of fused-ring (bicyclic) bond motifs is 1. The van der Waals surface area contributed by atoms with E-state index in [2.05, 4.69) is 17.3 Å². The van der Waals surface area contributed by atoms with E-state index in [0.717, 1.165) is 37.2 Å². The number of nitrogens with two attached hydrogens (primary N) is 1. The van der Waals surface area contributed by atoms with Gasteiger partial charge in [-0.05, 0) is 62.2 Å². The van der Waals surface area contributed by atoms with Crippen LogP contribution < -0.4 is 15.8 Å². The first kappa shape index (κ1) is 23.9. The van der Waals surface area contributed by atoms with Gasteiger partial charge in [0.05, 0.1) is 0 Å². The Hall–Kier alpha value is -3.23. The molecule has 2 unspecified atom stereocenters. The molecule has 0 bridgehead atoms. The van der Waals surface area contributed by atoms with Gasteiger partial charge in [-0.1, -0.05) is 30.3 Å². The van der Waals surface area contributed by atoms with Crippen LogP contribution in [0.1, 0.15) is 47.2 Å².